The molecule has 296 valence electrons. The number of fused-ring (bicyclic) bond motifs is 1. The number of oxime groups is 1. The fourth-order valence-corrected chi connectivity index (χ4v) is 8.15. The van der Waals surface area contributed by atoms with Gasteiger partial charge in [-0.15, -0.1) is 45.7 Å². The number of thioether (sulfide) groups is 2. The average molecular weight is 871 g/mol. The Hall–Kier alpha value is -5.83. The van der Waals surface area contributed by atoms with Crippen LogP contribution in [0.2, 0.25) is 0 Å². The second-order valence-corrected chi connectivity index (χ2v) is 14.8. The Kier molecular flexibility index (Phi) is 14.7. The number of hydrogen-bond donors (Lipinski definition) is 6. The molecule has 0 bridgehead atoms. The van der Waals surface area contributed by atoms with E-state index in [9.17, 15) is 43.5 Å². The Balaban J connectivity index is 0.00000696. The number of carbonyl (C=O) groups excluding carboxylic acids is 7. The van der Waals surface area contributed by atoms with Crippen LogP contribution in [0, 0.1) is 0 Å². The van der Waals surface area contributed by atoms with Crippen molar-refractivity contribution in [2.45, 2.75) is 29.6 Å². The van der Waals surface area contributed by atoms with Crippen molar-refractivity contribution >= 4 is 117 Å². The number of esters is 2. The van der Waals surface area contributed by atoms with Gasteiger partial charge in [0.1, 0.15) is 28.3 Å². The average Bonchev–Trinajstić information content (AvgIpc) is 3.82. The minimum absolute atomic E-state index is 0. The van der Waals surface area contributed by atoms with E-state index in [2.05, 4.69) is 25.7 Å². The minimum atomic E-state index is -1.30. The molecule has 4 heterocycles. The highest BCUT2D eigenvalue weighted by Crippen LogP contribution is 2.41. The summed E-state index contributed by atoms with van der Waals surface area (Å²) in [5.41, 5.74) is 10.7. The maximum atomic E-state index is 13.4. The molecule has 0 spiro atoms. The predicted octanol–water partition coefficient (Wildman–Crippen LogP) is 0.272. The van der Waals surface area contributed by atoms with Crippen molar-refractivity contribution in [3.8, 4) is 11.5 Å². The summed E-state index contributed by atoms with van der Waals surface area (Å²) in [7, 11) is 0. The summed E-state index contributed by atoms with van der Waals surface area (Å²) >= 11 is 4.79. The molecule has 27 heteroatoms. The Morgan fingerprint density at radius 3 is 2.45 bits per heavy atom. The van der Waals surface area contributed by atoms with Gasteiger partial charge in [0.05, 0.1) is 0 Å². The van der Waals surface area contributed by atoms with Crippen molar-refractivity contribution in [3.63, 3.8) is 0 Å². The minimum Gasteiger partial charge on any atom is -0.477 e. The molecular formula is C29H27ClN10O12S4. The molecule has 0 radical (unpaired) electrons. The van der Waals surface area contributed by atoms with Gasteiger partial charge in [0, 0.05) is 36.3 Å². The molecule has 2 aliphatic heterocycles. The highest BCUT2D eigenvalue weighted by molar-refractivity contribution is 8.01. The lowest BCUT2D eigenvalue weighted by Gasteiger charge is -2.49. The Morgan fingerprint density at radius 2 is 1.80 bits per heavy atom. The fourth-order valence-electron chi connectivity index (χ4n) is 4.63. The van der Waals surface area contributed by atoms with Gasteiger partial charge in [0.25, 0.3) is 23.6 Å². The molecule has 2 aliphatic rings. The molecule has 0 aliphatic carbocycles. The van der Waals surface area contributed by atoms with Gasteiger partial charge in [0.15, 0.2) is 33.3 Å². The van der Waals surface area contributed by atoms with Crippen LogP contribution in [-0.4, -0.2) is 108 Å². The van der Waals surface area contributed by atoms with Crippen molar-refractivity contribution in [1.29, 1.82) is 0 Å². The third-order valence-electron chi connectivity index (χ3n) is 6.83. The molecule has 2 atom stereocenters. The van der Waals surface area contributed by atoms with Gasteiger partial charge in [-0.3, -0.25) is 44.4 Å². The van der Waals surface area contributed by atoms with Crippen LogP contribution in [0.3, 0.4) is 0 Å². The normalized spacial score (nSPS) is 15.9. The van der Waals surface area contributed by atoms with Gasteiger partial charge < -0.3 is 30.5 Å². The summed E-state index contributed by atoms with van der Waals surface area (Å²) in [4.78, 5) is 109. The number of ether oxygens (including phenoxy) is 2. The molecule has 1 fully saturated rings. The van der Waals surface area contributed by atoms with Crippen molar-refractivity contribution in [2.75, 3.05) is 23.8 Å². The zero-order chi connectivity index (χ0) is 39.8. The van der Waals surface area contributed by atoms with E-state index in [1.54, 1.807) is 5.51 Å². The van der Waals surface area contributed by atoms with Gasteiger partial charge >= 0.3 is 23.9 Å². The Morgan fingerprint density at radius 1 is 1.07 bits per heavy atom. The Bertz CT molecular complexity index is 2130. The van der Waals surface area contributed by atoms with E-state index in [4.69, 9.17) is 20.0 Å². The number of rotatable bonds is 13. The monoisotopic (exact) mass is 870 g/mol. The van der Waals surface area contributed by atoms with Crippen molar-refractivity contribution in [1.82, 2.24) is 41.6 Å². The van der Waals surface area contributed by atoms with E-state index in [0.29, 0.717) is 9.91 Å². The first-order valence-corrected chi connectivity index (χ1v) is 18.9. The number of anilines is 1. The topological polar surface area (TPSA) is 313 Å². The van der Waals surface area contributed by atoms with Crippen LogP contribution in [0.4, 0.5) is 9.93 Å². The molecule has 3 aromatic rings. The number of β-lactam (4-membered cyclic amide) rings is 1. The van der Waals surface area contributed by atoms with Crippen molar-refractivity contribution in [3.05, 3.63) is 51.6 Å². The van der Waals surface area contributed by atoms with E-state index in [0.717, 1.165) is 36.2 Å². The lowest BCUT2D eigenvalue weighted by molar-refractivity contribution is -0.150. The summed E-state index contributed by atoms with van der Waals surface area (Å²) in [6, 6.07) is 1.06. The summed E-state index contributed by atoms with van der Waals surface area (Å²) in [5.74, 6) is -6.30. The highest BCUT2D eigenvalue weighted by Gasteiger charge is 2.54. The van der Waals surface area contributed by atoms with Crippen LogP contribution in [0.15, 0.2) is 49.9 Å². The van der Waals surface area contributed by atoms with E-state index >= 15 is 0 Å². The van der Waals surface area contributed by atoms with E-state index < -0.39 is 71.3 Å². The number of imide groups is 1. The number of amides is 6. The molecule has 2 aromatic heterocycles. The van der Waals surface area contributed by atoms with Gasteiger partial charge in [0.2, 0.25) is 0 Å². The van der Waals surface area contributed by atoms with E-state index in [-0.39, 0.29) is 57.5 Å². The fraction of sp³-hybridized carbons (Fsp3) is 0.241. The number of carbonyl (C=O) groups is 8. The smallest absolute Gasteiger partial charge is 0.352 e. The number of hydrogen-bond acceptors (Lipinski definition) is 20. The largest absolute Gasteiger partial charge is 0.477 e. The number of urea groups is 1. The maximum Gasteiger partial charge on any atom is 0.352 e. The molecular weight excluding hydrogens is 844 g/mol. The summed E-state index contributed by atoms with van der Waals surface area (Å²) in [6.07, 6.45) is 0. The molecule has 6 amide bonds. The molecule has 1 aromatic carbocycles. The first-order valence-electron chi connectivity index (χ1n) is 15.1. The van der Waals surface area contributed by atoms with Crippen LogP contribution >= 0.6 is 58.6 Å². The number of halogens is 1. The molecule has 7 N–H and O–H groups in total. The van der Waals surface area contributed by atoms with Crippen LogP contribution in [0.25, 0.3) is 0 Å². The molecule has 1 unspecified atom stereocenters. The van der Waals surface area contributed by atoms with Gasteiger partial charge in [-0.25, -0.2) is 20.0 Å². The number of benzene rings is 1. The highest BCUT2D eigenvalue weighted by atomic mass is 35.5. The zero-order valence-electron chi connectivity index (χ0n) is 28.5. The first-order chi connectivity index (χ1) is 26.2. The van der Waals surface area contributed by atoms with Crippen LogP contribution in [0.5, 0.6) is 11.5 Å². The number of carboxylic acid groups (broad SMARTS) is 1. The van der Waals surface area contributed by atoms with Gasteiger partial charge in [-0.05, 0) is 23.8 Å². The number of aliphatic carboxylic acids is 1. The van der Waals surface area contributed by atoms with E-state index in [1.165, 1.54) is 52.4 Å². The standard InChI is InChI=1S/C29H26N10O12S4.ClH/c1-11(40)50-16-4-3-13(5-17(16)51-12(2)41)22(43)34-28(48)36-35-18(42)6-49-38-19(15-9-53-27(30)32-15)23(44)33-20-24(45)39-21(26(46)47)14(7-52-25(20)39)8-54-29-37-31-10-55-29;/h3-5,9-10,20,25H,6-8H2,1-2H3,(H2,30,32)(H,33,44)(H,35,42)(H,46,47)(H2,34,36,43,48);1H/t20?,25-;/m0./s1. The second-order valence-electron chi connectivity index (χ2n) is 10.7. The van der Waals surface area contributed by atoms with Crippen LogP contribution in [0.1, 0.15) is 29.9 Å². The third-order valence-corrected chi connectivity index (χ3v) is 10.8. The third kappa shape index (κ3) is 10.7. The van der Waals surface area contributed by atoms with Gasteiger partial charge in [-0.1, -0.05) is 28.3 Å². The van der Waals surface area contributed by atoms with E-state index in [1.807, 2.05) is 16.2 Å². The number of carboxylic acids is 1. The molecule has 0 saturated carbocycles. The first kappa shape index (κ1) is 42.9. The van der Waals surface area contributed by atoms with Crippen molar-refractivity contribution in [2.24, 2.45) is 5.16 Å². The van der Waals surface area contributed by atoms with Crippen LogP contribution in [-0.2, 0) is 33.6 Å². The summed E-state index contributed by atoms with van der Waals surface area (Å²) < 4.78 is 10.5. The number of nitrogens with two attached hydrogens (primary N) is 1. The number of nitrogens with zero attached hydrogens (tertiary/aromatic N) is 5. The number of aromatic nitrogens is 3. The zero-order valence-corrected chi connectivity index (χ0v) is 32.5. The number of nitrogen functional groups attached to an aromatic ring is 1. The summed E-state index contributed by atoms with van der Waals surface area (Å²) in [6.45, 7) is 1.33. The lowest BCUT2D eigenvalue weighted by atomic mass is 10.0. The Labute approximate surface area is 336 Å². The number of hydrazine groups is 1. The molecule has 5 rings (SSSR count). The number of thiazole rings is 1. The van der Waals surface area contributed by atoms with Crippen molar-refractivity contribution < 1.29 is 57.8 Å². The quantitative estimate of drug-likeness (QED) is 0.0335. The number of nitrogens with one attached hydrogen (secondary N) is 4. The molecule has 56 heavy (non-hydrogen) atoms. The SMILES string of the molecule is CC(=O)Oc1ccc(C(=O)NC(=O)NNC(=O)CON=C(C(=O)NC2C(=O)N3C(C(=O)O)=C(CSc4nncs4)CS[C@@H]23)c2csc(N)n2)cc1OC(C)=O.Cl. The predicted molar refractivity (Wildman–Crippen MR) is 200 cm³/mol. The van der Waals surface area contributed by atoms with Crippen LogP contribution < -0.4 is 36.7 Å². The second kappa shape index (κ2) is 19.2. The lowest BCUT2D eigenvalue weighted by Crippen LogP contribution is -2.71. The summed E-state index contributed by atoms with van der Waals surface area (Å²) in [5, 5.41) is 26.4. The van der Waals surface area contributed by atoms with Gasteiger partial charge in [-0.2, -0.15) is 0 Å². The molecule has 1 saturated heterocycles. The molecule has 22 nitrogen and oxygen atoms in total. The maximum absolute atomic E-state index is 13.4.